The molecule has 2 aromatic rings. The highest BCUT2D eigenvalue weighted by Gasteiger charge is 2.35. The van der Waals surface area contributed by atoms with Gasteiger partial charge >= 0.3 is 0 Å². The van der Waals surface area contributed by atoms with E-state index in [9.17, 15) is 4.39 Å². The molecule has 2 saturated carbocycles. The topological polar surface area (TPSA) is 0 Å². The molecule has 0 radical (unpaired) electrons. The molecule has 140 valence electrons. The molecule has 0 spiro atoms. The number of unbranched alkanes of at least 4 members (excludes halogenated alkanes) is 2. The fraction of sp³-hybridized carbons (Fsp3) is 0.600. The molecule has 0 aromatic heterocycles. The first-order valence-electron chi connectivity index (χ1n) is 10.9. The standard InChI is InChI=1S/C25H33F/c1-2-3-4-6-18-9-10-20-16-21(12-11-19(20)15-18)22-13-14-24-23(17-22)7-5-8-25(24)26/h5,7-8,13-14,17-21H,2-4,6,9-12,15-16H2,1H3. The summed E-state index contributed by atoms with van der Waals surface area (Å²) in [5, 5.41) is 1.82. The predicted octanol–water partition coefficient (Wildman–Crippen LogP) is 7.86. The number of halogens is 1. The van der Waals surface area contributed by atoms with E-state index in [2.05, 4.69) is 25.1 Å². The zero-order valence-corrected chi connectivity index (χ0v) is 16.2. The van der Waals surface area contributed by atoms with Crippen LogP contribution in [-0.4, -0.2) is 0 Å². The van der Waals surface area contributed by atoms with Crippen LogP contribution in [-0.2, 0) is 0 Å². The van der Waals surface area contributed by atoms with Gasteiger partial charge in [0.05, 0.1) is 0 Å². The number of hydrogen-bond donors (Lipinski definition) is 0. The van der Waals surface area contributed by atoms with Crippen molar-refractivity contribution in [3.63, 3.8) is 0 Å². The minimum Gasteiger partial charge on any atom is -0.206 e. The van der Waals surface area contributed by atoms with Crippen molar-refractivity contribution in [3.05, 3.63) is 47.8 Å². The Morgan fingerprint density at radius 3 is 2.65 bits per heavy atom. The van der Waals surface area contributed by atoms with E-state index in [4.69, 9.17) is 0 Å². The Hall–Kier alpha value is -1.37. The monoisotopic (exact) mass is 352 g/mol. The minimum atomic E-state index is -0.0980. The van der Waals surface area contributed by atoms with Crippen LogP contribution in [0.3, 0.4) is 0 Å². The fourth-order valence-electron chi connectivity index (χ4n) is 5.75. The molecule has 4 rings (SSSR count). The van der Waals surface area contributed by atoms with Crippen molar-refractivity contribution in [3.8, 4) is 0 Å². The molecular weight excluding hydrogens is 319 g/mol. The van der Waals surface area contributed by atoms with E-state index >= 15 is 0 Å². The second-order valence-electron chi connectivity index (χ2n) is 8.93. The molecular formula is C25H33F. The van der Waals surface area contributed by atoms with Gasteiger partial charge in [0.25, 0.3) is 0 Å². The van der Waals surface area contributed by atoms with Crippen LogP contribution in [0.15, 0.2) is 36.4 Å². The largest absolute Gasteiger partial charge is 0.206 e. The van der Waals surface area contributed by atoms with Crippen LogP contribution in [0, 0.1) is 23.6 Å². The Kier molecular flexibility index (Phi) is 5.62. The first-order valence-corrected chi connectivity index (χ1v) is 10.9. The summed E-state index contributed by atoms with van der Waals surface area (Å²) in [7, 11) is 0. The molecule has 0 saturated heterocycles. The van der Waals surface area contributed by atoms with Gasteiger partial charge in [0.15, 0.2) is 0 Å². The lowest BCUT2D eigenvalue weighted by molar-refractivity contribution is 0.113. The number of hydrogen-bond acceptors (Lipinski definition) is 0. The first-order chi connectivity index (χ1) is 12.7. The molecule has 0 N–H and O–H groups in total. The summed E-state index contributed by atoms with van der Waals surface area (Å²) in [6.07, 6.45) is 14.1. The first kappa shape index (κ1) is 18.0. The van der Waals surface area contributed by atoms with Crippen molar-refractivity contribution < 1.29 is 4.39 Å². The minimum absolute atomic E-state index is 0.0980. The zero-order chi connectivity index (χ0) is 17.9. The third-order valence-corrected chi connectivity index (χ3v) is 7.26. The van der Waals surface area contributed by atoms with Gasteiger partial charge in [-0.05, 0) is 72.8 Å². The van der Waals surface area contributed by atoms with Gasteiger partial charge in [-0.3, -0.25) is 0 Å². The summed E-state index contributed by atoms with van der Waals surface area (Å²) < 4.78 is 13.9. The maximum Gasteiger partial charge on any atom is 0.131 e. The molecule has 1 heteroatoms. The number of fused-ring (bicyclic) bond motifs is 2. The van der Waals surface area contributed by atoms with E-state index in [0.717, 1.165) is 28.5 Å². The van der Waals surface area contributed by atoms with Gasteiger partial charge in [-0.25, -0.2) is 4.39 Å². The van der Waals surface area contributed by atoms with Gasteiger partial charge in [0, 0.05) is 5.39 Å². The van der Waals surface area contributed by atoms with E-state index in [1.165, 1.54) is 69.8 Å². The zero-order valence-electron chi connectivity index (χ0n) is 16.2. The highest BCUT2D eigenvalue weighted by molar-refractivity contribution is 5.83. The maximum atomic E-state index is 13.9. The molecule has 2 aliphatic carbocycles. The van der Waals surface area contributed by atoms with Crippen molar-refractivity contribution in [2.45, 2.75) is 77.0 Å². The average molecular weight is 353 g/mol. The van der Waals surface area contributed by atoms with Crippen LogP contribution in [0.4, 0.5) is 4.39 Å². The van der Waals surface area contributed by atoms with E-state index in [-0.39, 0.29) is 5.82 Å². The Bertz CT molecular complexity index is 734. The smallest absolute Gasteiger partial charge is 0.131 e. The highest BCUT2D eigenvalue weighted by atomic mass is 19.1. The van der Waals surface area contributed by atoms with Crippen molar-refractivity contribution in [1.82, 2.24) is 0 Å². The molecule has 0 aliphatic heterocycles. The molecule has 2 aromatic carbocycles. The van der Waals surface area contributed by atoms with E-state index in [1.807, 2.05) is 12.1 Å². The molecule has 4 atom stereocenters. The summed E-state index contributed by atoms with van der Waals surface area (Å²) in [5.41, 5.74) is 1.44. The van der Waals surface area contributed by atoms with Crippen molar-refractivity contribution in [2.24, 2.45) is 17.8 Å². The van der Waals surface area contributed by atoms with Crippen molar-refractivity contribution in [2.75, 3.05) is 0 Å². The van der Waals surface area contributed by atoms with Crippen molar-refractivity contribution in [1.29, 1.82) is 0 Å². The molecule has 0 bridgehead atoms. The lowest BCUT2D eigenvalue weighted by atomic mass is 9.63. The molecule has 2 fully saturated rings. The second kappa shape index (κ2) is 8.11. The number of benzene rings is 2. The predicted molar refractivity (Wildman–Crippen MR) is 109 cm³/mol. The summed E-state index contributed by atoms with van der Waals surface area (Å²) in [6.45, 7) is 2.30. The Labute approximate surface area is 158 Å². The Balaban J connectivity index is 1.40. The quantitative estimate of drug-likeness (QED) is 0.480. The summed E-state index contributed by atoms with van der Waals surface area (Å²) in [4.78, 5) is 0. The van der Waals surface area contributed by atoms with Gasteiger partial charge in [-0.1, -0.05) is 69.4 Å². The van der Waals surface area contributed by atoms with Crippen molar-refractivity contribution >= 4 is 10.8 Å². The van der Waals surface area contributed by atoms with Crippen LogP contribution in [0.1, 0.15) is 82.6 Å². The summed E-state index contributed by atoms with van der Waals surface area (Å²) in [6, 6.07) is 11.9. The van der Waals surface area contributed by atoms with Crippen LogP contribution in [0.2, 0.25) is 0 Å². The van der Waals surface area contributed by atoms with E-state index in [0.29, 0.717) is 5.92 Å². The Morgan fingerprint density at radius 1 is 0.923 bits per heavy atom. The van der Waals surface area contributed by atoms with E-state index < -0.39 is 0 Å². The van der Waals surface area contributed by atoms with Gasteiger partial charge in [-0.15, -0.1) is 0 Å². The Morgan fingerprint density at radius 2 is 1.77 bits per heavy atom. The van der Waals surface area contributed by atoms with Crippen LogP contribution >= 0.6 is 0 Å². The van der Waals surface area contributed by atoms with Gasteiger partial charge in [-0.2, -0.15) is 0 Å². The lowest BCUT2D eigenvalue weighted by Crippen LogP contribution is -2.30. The van der Waals surface area contributed by atoms with Gasteiger partial charge < -0.3 is 0 Å². The fourth-order valence-corrected chi connectivity index (χ4v) is 5.75. The SMILES string of the molecule is CCCCCC1CCC2CC(c3ccc4c(F)cccc4c3)CCC2C1. The molecule has 0 amide bonds. The third-order valence-electron chi connectivity index (χ3n) is 7.26. The maximum absolute atomic E-state index is 13.9. The van der Waals surface area contributed by atoms with Crippen LogP contribution in [0.25, 0.3) is 10.8 Å². The summed E-state index contributed by atoms with van der Waals surface area (Å²) in [5.74, 6) is 3.49. The molecule has 0 nitrogen and oxygen atoms in total. The normalized spacial score (nSPS) is 28.8. The highest BCUT2D eigenvalue weighted by Crippen LogP contribution is 2.48. The lowest BCUT2D eigenvalue weighted by Gasteiger charge is -2.42. The number of rotatable bonds is 5. The molecule has 26 heavy (non-hydrogen) atoms. The third kappa shape index (κ3) is 3.82. The van der Waals surface area contributed by atoms with E-state index in [1.54, 1.807) is 6.07 Å². The molecule has 4 unspecified atom stereocenters. The molecule has 2 aliphatic rings. The van der Waals surface area contributed by atoms with Gasteiger partial charge in [0.1, 0.15) is 5.82 Å². The van der Waals surface area contributed by atoms with Crippen LogP contribution < -0.4 is 0 Å². The van der Waals surface area contributed by atoms with Crippen LogP contribution in [0.5, 0.6) is 0 Å². The summed E-state index contributed by atoms with van der Waals surface area (Å²) >= 11 is 0. The average Bonchev–Trinajstić information content (AvgIpc) is 2.68. The molecule has 0 heterocycles. The second-order valence-corrected chi connectivity index (χ2v) is 8.93. The van der Waals surface area contributed by atoms with Gasteiger partial charge in [0.2, 0.25) is 0 Å².